The highest BCUT2D eigenvalue weighted by atomic mass is 32.2. The molecule has 1 aromatic carbocycles. The second kappa shape index (κ2) is 5.68. The molecule has 0 radical (unpaired) electrons. The van der Waals surface area contributed by atoms with E-state index in [2.05, 4.69) is 0 Å². The number of ether oxygens (including phenoxy) is 1. The van der Waals surface area contributed by atoms with Crippen molar-refractivity contribution >= 4 is 15.5 Å². The van der Waals surface area contributed by atoms with E-state index < -0.39 is 27.3 Å². The molecule has 108 valence electrons. The molecule has 4 nitrogen and oxygen atoms in total. The molecule has 1 aromatic rings. The summed E-state index contributed by atoms with van der Waals surface area (Å²) in [5.41, 5.74) is 4.24. The van der Waals surface area contributed by atoms with Crippen LogP contribution in [0, 0.1) is 0 Å². The van der Waals surface area contributed by atoms with Crippen LogP contribution in [0.2, 0.25) is 0 Å². The number of rotatable bonds is 5. The summed E-state index contributed by atoms with van der Waals surface area (Å²) in [5.74, 6) is -0.830. The average Bonchev–Trinajstić information content (AvgIpc) is 2.29. The summed E-state index contributed by atoms with van der Waals surface area (Å²) >= 11 is 0. The van der Waals surface area contributed by atoms with Crippen LogP contribution in [0.3, 0.4) is 0 Å². The number of alkyl halides is 3. The Balaban J connectivity index is 2.85. The molecule has 0 spiro atoms. The number of nitrogens with two attached hydrogens (primary N) is 1. The number of nitrogen functional groups attached to an aromatic ring is 1. The Bertz CT molecular complexity index is 541. The molecule has 0 aromatic heterocycles. The van der Waals surface area contributed by atoms with Gasteiger partial charge >= 0.3 is 6.18 Å². The van der Waals surface area contributed by atoms with Gasteiger partial charge in [0, 0.05) is 11.4 Å². The fraction of sp³-hybridized carbons (Fsp3) is 0.455. The Labute approximate surface area is 109 Å². The number of hydrogen-bond acceptors (Lipinski definition) is 4. The summed E-state index contributed by atoms with van der Waals surface area (Å²) < 4.78 is 65.4. The van der Waals surface area contributed by atoms with Crippen LogP contribution in [0.15, 0.2) is 18.2 Å². The van der Waals surface area contributed by atoms with Crippen LogP contribution in [-0.2, 0) is 16.0 Å². The maximum Gasteiger partial charge on any atom is 0.420 e. The molecule has 0 saturated carbocycles. The van der Waals surface area contributed by atoms with E-state index in [9.17, 15) is 21.6 Å². The van der Waals surface area contributed by atoms with Gasteiger partial charge in [0.1, 0.15) is 12.4 Å². The van der Waals surface area contributed by atoms with E-state index in [-0.39, 0.29) is 23.8 Å². The lowest BCUT2D eigenvalue weighted by Gasteiger charge is -2.14. The summed E-state index contributed by atoms with van der Waals surface area (Å²) in [6.45, 7) is 1.13. The maximum absolute atomic E-state index is 12.7. The van der Waals surface area contributed by atoms with Gasteiger partial charge in [-0.1, -0.05) is 6.92 Å². The molecule has 0 aliphatic carbocycles. The normalized spacial score (nSPS) is 12.4. The molecule has 8 heteroatoms. The van der Waals surface area contributed by atoms with E-state index in [0.717, 1.165) is 12.1 Å². The SMILES string of the molecule is CCS(=O)(=O)CCOc1ccc(N)cc1C(F)(F)F. The van der Waals surface area contributed by atoms with Crippen LogP contribution in [-0.4, -0.2) is 26.5 Å². The summed E-state index contributed by atoms with van der Waals surface area (Å²) in [6, 6.07) is 3.10. The zero-order valence-electron chi connectivity index (χ0n) is 10.2. The number of anilines is 1. The molecule has 19 heavy (non-hydrogen) atoms. The molecule has 0 unspecified atom stereocenters. The first-order valence-corrected chi connectivity index (χ1v) is 7.28. The third-order valence-electron chi connectivity index (χ3n) is 2.40. The molecule has 1 rings (SSSR count). The van der Waals surface area contributed by atoms with Gasteiger partial charge in [0.05, 0.1) is 11.3 Å². The summed E-state index contributed by atoms with van der Waals surface area (Å²) in [6.07, 6.45) is -4.60. The largest absolute Gasteiger partial charge is 0.492 e. The van der Waals surface area contributed by atoms with Gasteiger partial charge in [-0.25, -0.2) is 8.42 Å². The van der Waals surface area contributed by atoms with Crippen molar-refractivity contribution in [3.8, 4) is 5.75 Å². The van der Waals surface area contributed by atoms with Crippen LogP contribution in [0.25, 0.3) is 0 Å². The molecular weight excluding hydrogens is 283 g/mol. The van der Waals surface area contributed by atoms with Crippen molar-refractivity contribution in [3.05, 3.63) is 23.8 Å². The molecule has 0 fully saturated rings. The predicted octanol–water partition coefficient (Wildman–Crippen LogP) is 2.10. The van der Waals surface area contributed by atoms with E-state index in [4.69, 9.17) is 10.5 Å². The van der Waals surface area contributed by atoms with Crippen molar-refractivity contribution in [2.75, 3.05) is 23.8 Å². The first-order chi connectivity index (χ1) is 8.65. The van der Waals surface area contributed by atoms with Crippen molar-refractivity contribution in [1.29, 1.82) is 0 Å². The summed E-state index contributed by atoms with van der Waals surface area (Å²) in [5, 5.41) is 0. The Morgan fingerprint density at radius 2 is 1.95 bits per heavy atom. The molecule has 0 aliphatic heterocycles. The van der Waals surface area contributed by atoms with Crippen LogP contribution >= 0.6 is 0 Å². The number of hydrogen-bond donors (Lipinski definition) is 1. The Morgan fingerprint density at radius 3 is 2.47 bits per heavy atom. The van der Waals surface area contributed by atoms with Gasteiger partial charge in [-0.15, -0.1) is 0 Å². The quantitative estimate of drug-likeness (QED) is 0.845. The smallest absolute Gasteiger partial charge is 0.420 e. The van der Waals surface area contributed by atoms with Crippen LogP contribution < -0.4 is 10.5 Å². The monoisotopic (exact) mass is 297 g/mol. The Hall–Kier alpha value is -1.44. The van der Waals surface area contributed by atoms with Gasteiger partial charge in [-0.3, -0.25) is 0 Å². The third-order valence-corrected chi connectivity index (χ3v) is 4.07. The molecule has 0 aliphatic rings. The summed E-state index contributed by atoms with van der Waals surface area (Å²) in [7, 11) is -3.28. The summed E-state index contributed by atoms with van der Waals surface area (Å²) in [4.78, 5) is 0. The molecule has 2 N–H and O–H groups in total. The minimum absolute atomic E-state index is 0.0409. The lowest BCUT2D eigenvalue weighted by Crippen LogP contribution is -2.17. The molecular formula is C11H14F3NO3S. The topological polar surface area (TPSA) is 69.4 Å². The third kappa shape index (κ3) is 4.62. The minimum Gasteiger partial charge on any atom is -0.492 e. The average molecular weight is 297 g/mol. The van der Waals surface area contributed by atoms with Gasteiger partial charge in [0.15, 0.2) is 9.84 Å². The molecule has 0 heterocycles. The molecule has 0 amide bonds. The molecule has 0 bridgehead atoms. The van der Waals surface area contributed by atoms with Crippen molar-refractivity contribution in [1.82, 2.24) is 0 Å². The highest BCUT2D eigenvalue weighted by molar-refractivity contribution is 7.91. The first-order valence-electron chi connectivity index (χ1n) is 5.45. The van der Waals surface area contributed by atoms with E-state index in [1.54, 1.807) is 0 Å². The van der Waals surface area contributed by atoms with E-state index >= 15 is 0 Å². The van der Waals surface area contributed by atoms with E-state index in [1.807, 2.05) is 0 Å². The lowest BCUT2D eigenvalue weighted by atomic mass is 10.1. The van der Waals surface area contributed by atoms with Crippen LogP contribution in [0.4, 0.5) is 18.9 Å². The lowest BCUT2D eigenvalue weighted by molar-refractivity contribution is -0.138. The van der Waals surface area contributed by atoms with Crippen molar-refractivity contribution in [2.45, 2.75) is 13.1 Å². The second-order valence-corrected chi connectivity index (χ2v) is 6.31. The first kappa shape index (κ1) is 15.6. The van der Waals surface area contributed by atoms with E-state index in [0.29, 0.717) is 0 Å². The number of sulfone groups is 1. The minimum atomic E-state index is -4.60. The van der Waals surface area contributed by atoms with Gasteiger partial charge in [0.25, 0.3) is 0 Å². The Kier molecular flexibility index (Phi) is 4.67. The number of benzene rings is 1. The molecule has 0 atom stereocenters. The van der Waals surface area contributed by atoms with Gasteiger partial charge in [-0.2, -0.15) is 13.2 Å². The van der Waals surface area contributed by atoms with Crippen LogP contribution in [0.5, 0.6) is 5.75 Å². The van der Waals surface area contributed by atoms with Gasteiger partial charge in [-0.05, 0) is 18.2 Å². The number of halogens is 3. The zero-order valence-corrected chi connectivity index (χ0v) is 11.0. The van der Waals surface area contributed by atoms with E-state index in [1.165, 1.54) is 13.0 Å². The fourth-order valence-electron chi connectivity index (χ4n) is 1.32. The van der Waals surface area contributed by atoms with Crippen molar-refractivity contribution < 1.29 is 26.3 Å². The highest BCUT2D eigenvalue weighted by Gasteiger charge is 2.34. The van der Waals surface area contributed by atoms with Gasteiger partial charge < -0.3 is 10.5 Å². The van der Waals surface area contributed by atoms with Crippen molar-refractivity contribution in [3.63, 3.8) is 0 Å². The fourth-order valence-corrected chi connectivity index (χ4v) is 1.94. The van der Waals surface area contributed by atoms with Crippen LogP contribution in [0.1, 0.15) is 12.5 Å². The van der Waals surface area contributed by atoms with Crippen molar-refractivity contribution in [2.24, 2.45) is 0 Å². The van der Waals surface area contributed by atoms with Gasteiger partial charge in [0.2, 0.25) is 0 Å². The highest BCUT2D eigenvalue weighted by Crippen LogP contribution is 2.37. The second-order valence-electron chi connectivity index (χ2n) is 3.84. The standard InChI is InChI=1S/C11H14F3NO3S/c1-2-19(16,17)6-5-18-10-4-3-8(15)7-9(10)11(12,13)14/h3-4,7H,2,5-6,15H2,1H3. The molecule has 0 saturated heterocycles. The predicted molar refractivity (Wildman–Crippen MR) is 65.7 cm³/mol. The zero-order chi connectivity index (χ0) is 14.7. The Morgan fingerprint density at radius 1 is 1.32 bits per heavy atom. The maximum atomic E-state index is 12.7.